The first-order chi connectivity index (χ1) is 13.2. The van der Waals surface area contributed by atoms with Gasteiger partial charge in [-0.2, -0.15) is 0 Å². The summed E-state index contributed by atoms with van der Waals surface area (Å²) in [6.45, 7) is 2.05. The molecule has 3 aromatic rings. The molecule has 0 atom stereocenters. The number of aryl methyl sites for hydroxylation is 3. The van der Waals surface area contributed by atoms with Gasteiger partial charge in [0.2, 0.25) is 11.0 Å². The highest BCUT2D eigenvalue weighted by Crippen LogP contribution is 2.28. The van der Waals surface area contributed by atoms with Gasteiger partial charge in [-0.05, 0) is 67.1 Å². The summed E-state index contributed by atoms with van der Waals surface area (Å²) >= 11 is 2.85. The zero-order valence-electron chi connectivity index (χ0n) is 15.0. The average molecular weight is 397 g/mol. The third-order valence-corrected chi connectivity index (χ3v) is 6.36. The van der Waals surface area contributed by atoms with Crippen LogP contribution in [0.15, 0.2) is 46.8 Å². The number of carbonyl (C=O) groups is 1. The predicted molar refractivity (Wildman–Crippen MR) is 112 cm³/mol. The normalized spacial score (nSPS) is 12.6. The van der Waals surface area contributed by atoms with Crippen molar-refractivity contribution in [1.82, 2.24) is 10.2 Å². The van der Waals surface area contributed by atoms with E-state index in [-0.39, 0.29) is 5.91 Å². The minimum atomic E-state index is -0.0265. The second kappa shape index (κ2) is 8.10. The van der Waals surface area contributed by atoms with E-state index in [2.05, 4.69) is 39.0 Å². The fourth-order valence-corrected chi connectivity index (χ4v) is 4.71. The predicted octanol–water partition coefficient (Wildman–Crippen LogP) is 4.81. The van der Waals surface area contributed by atoms with Crippen molar-refractivity contribution < 1.29 is 4.79 Å². The Morgan fingerprint density at radius 2 is 2.00 bits per heavy atom. The van der Waals surface area contributed by atoms with Gasteiger partial charge in [-0.15, -0.1) is 10.2 Å². The monoisotopic (exact) mass is 396 g/mol. The highest BCUT2D eigenvalue weighted by molar-refractivity contribution is 8.01. The van der Waals surface area contributed by atoms with Crippen LogP contribution in [0.2, 0.25) is 0 Å². The molecule has 2 aromatic carbocycles. The number of thioether (sulfide) groups is 1. The molecule has 1 aliphatic carbocycles. The molecule has 0 spiro atoms. The number of anilines is 3. The van der Waals surface area contributed by atoms with E-state index in [1.807, 2.05) is 31.2 Å². The second-order valence-electron chi connectivity index (χ2n) is 6.54. The van der Waals surface area contributed by atoms with Crippen LogP contribution in [0.5, 0.6) is 0 Å². The summed E-state index contributed by atoms with van der Waals surface area (Å²) in [6, 6.07) is 14.3. The Hall–Kier alpha value is -2.38. The molecule has 138 valence electrons. The number of aromatic nitrogens is 2. The zero-order valence-corrected chi connectivity index (χ0v) is 16.6. The van der Waals surface area contributed by atoms with Gasteiger partial charge in [0.15, 0.2) is 4.34 Å². The third kappa shape index (κ3) is 4.67. The van der Waals surface area contributed by atoms with Gasteiger partial charge in [0.05, 0.1) is 5.75 Å². The molecule has 7 heteroatoms. The Morgan fingerprint density at radius 3 is 2.89 bits per heavy atom. The molecule has 1 aliphatic rings. The number of amides is 1. The van der Waals surface area contributed by atoms with E-state index in [1.165, 1.54) is 46.2 Å². The number of rotatable bonds is 6. The lowest BCUT2D eigenvalue weighted by Crippen LogP contribution is -2.14. The van der Waals surface area contributed by atoms with Crippen LogP contribution < -0.4 is 10.6 Å². The molecule has 0 saturated carbocycles. The van der Waals surface area contributed by atoms with E-state index in [1.54, 1.807) is 0 Å². The topological polar surface area (TPSA) is 66.9 Å². The molecule has 1 heterocycles. The lowest BCUT2D eigenvalue weighted by molar-refractivity contribution is -0.113. The van der Waals surface area contributed by atoms with Crippen LogP contribution in [0.25, 0.3) is 0 Å². The van der Waals surface area contributed by atoms with Crippen LogP contribution in [0.1, 0.15) is 23.1 Å². The number of carbonyl (C=O) groups excluding carboxylic acids is 1. The lowest BCUT2D eigenvalue weighted by Gasteiger charge is -2.06. The molecule has 0 saturated heterocycles. The van der Waals surface area contributed by atoms with Crippen molar-refractivity contribution in [3.8, 4) is 0 Å². The van der Waals surface area contributed by atoms with E-state index in [0.717, 1.165) is 33.7 Å². The summed E-state index contributed by atoms with van der Waals surface area (Å²) in [5, 5.41) is 15.2. The van der Waals surface area contributed by atoms with Crippen LogP contribution in [-0.4, -0.2) is 21.9 Å². The van der Waals surface area contributed by atoms with Gasteiger partial charge < -0.3 is 10.6 Å². The maximum atomic E-state index is 12.2. The van der Waals surface area contributed by atoms with E-state index >= 15 is 0 Å². The van der Waals surface area contributed by atoms with Gasteiger partial charge in [-0.1, -0.05) is 41.3 Å². The molecular weight excluding hydrogens is 376 g/mol. The number of nitrogens with zero attached hydrogens (tertiary/aromatic N) is 2. The van der Waals surface area contributed by atoms with Crippen LogP contribution in [0, 0.1) is 6.92 Å². The first-order valence-electron chi connectivity index (χ1n) is 8.87. The van der Waals surface area contributed by atoms with Crippen molar-refractivity contribution in [3.63, 3.8) is 0 Å². The molecular formula is C20H20N4OS2. The van der Waals surface area contributed by atoms with E-state index < -0.39 is 0 Å². The first-order valence-corrected chi connectivity index (χ1v) is 10.7. The number of hydrogen-bond acceptors (Lipinski definition) is 6. The highest BCUT2D eigenvalue weighted by atomic mass is 32.2. The van der Waals surface area contributed by atoms with Gasteiger partial charge in [0, 0.05) is 11.4 Å². The van der Waals surface area contributed by atoms with Gasteiger partial charge >= 0.3 is 0 Å². The van der Waals surface area contributed by atoms with Crippen LogP contribution in [0.4, 0.5) is 16.5 Å². The number of benzene rings is 2. The molecule has 0 fully saturated rings. The minimum Gasteiger partial charge on any atom is -0.330 e. The summed E-state index contributed by atoms with van der Waals surface area (Å²) in [7, 11) is 0. The first kappa shape index (κ1) is 18.0. The number of hydrogen-bond donors (Lipinski definition) is 2. The van der Waals surface area contributed by atoms with Gasteiger partial charge in [0.1, 0.15) is 0 Å². The maximum Gasteiger partial charge on any atom is 0.234 e. The van der Waals surface area contributed by atoms with E-state index in [4.69, 9.17) is 0 Å². The largest absolute Gasteiger partial charge is 0.330 e. The van der Waals surface area contributed by atoms with Gasteiger partial charge in [0.25, 0.3) is 0 Å². The molecule has 0 radical (unpaired) electrons. The van der Waals surface area contributed by atoms with E-state index in [9.17, 15) is 4.79 Å². The number of nitrogens with one attached hydrogen (secondary N) is 2. The maximum absolute atomic E-state index is 12.2. The number of fused-ring (bicyclic) bond motifs is 1. The molecule has 5 nitrogen and oxygen atoms in total. The fourth-order valence-electron chi connectivity index (χ4n) is 3.14. The van der Waals surface area contributed by atoms with E-state index in [0.29, 0.717) is 5.75 Å². The molecule has 0 unspecified atom stereocenters. The SMILES string of the molecule is Cc1cccc(Nc2nnc(SCC(=O)Nc3ccc4c(c3)CCC4)s2)c1. The molecule has 4 rings (SSSR count). The van der Waals surface area contributed by atoms with Crippen molar-refractivity contribution in [2.45, 2.75) is 30.5 Å². The van der Waals surface area contributed by atoms with Crippen molar-refractivity contribution >= 4 is 45.5 Å². The van der Waals surface area contributed by atoms with Crippen LogP contribution in [-0.2, 0) is 17.6 Å². The summed E-state index contributed by atoms with van der Waals surface area (Å²) in [5.41, 5.74) is 5.81. The van der Waals surface area contributed by atoms with Crippen molar-refractivity contribution in [3.05, 3.63) is 59.2 Å². The second-order valence-corrected chi connectivity index (χ2v) is 8.74. The molecule has 2 N–H and O–H groups in total. The Balaban J connectivity index is 1.30. The molecule has 1 amide bonds. The van der Waals surface area contributed by atoms with Gasteiger partial charge in [-0.3, -0.25) is 4.79 Å². The van der Waals surface area contributed by atoms with Crippen molar-refractivity contribution in [2.75, 3.05) is 16.4 Å². The molecule has 1 aromatic heterocycles. The third-order valence-electron chi connectivity index (χ3n) is 4.38. The van der Waals surface area contributed by atoms with Crippen LogP contribution in [0.3, 0.4) is 0 Å². The Labute approximate surface area is 166 Å². The Kier molecular flexibility index (Phi) is 5.40. The standard InChI is InChI=1S/C20H20N4OS2/c1-13-4-2-7-16(10-13)22-19-23-24-20(27-19)26-12-18(25)21-17-9-8-14-5-3-6-15(14)11-17/h2,4,7-11H,3,5-6,12H2,1H3,(H,21,25)(H,22,23). The van der Waals surface area contributed by atoms with Gasteiger partial charge in [-0.25, -0.2) is 0 Å². The zero-order chi connectivity index (χ0) is 18.6. The molecule has 0 aliphatic heterocycles. The quantitative estimate of drug-likeness (QED) is 0.585. The lowest BCUT2D eigenvalue weighted by atomic mass is 10.1. The summed E-state index contributed by atoms with van der Waals surface area (Å²) in [4.78, 5) is 12.2. The van der Waals surface area contributed by atoms with Crippen molar-refractivity contribution in [1.29, 1.82) is 0 Å². The molecule has 0 bridgehead atoms. The average Bonchev–Trinajstić information content (AvgIpc) is 3.29. The smallest absolute Gasteiger partial charge is 0.234 e. The summed E-state index contributed by atoms with van der Waals surface area (Å²) < 4.78 is 0.772. The summed E-state index contributed by atoms with van der Waals surface area (Å²) in [5.74, 6) is 0.289. The summed E-state index contributed by atoms with van der Waals surface area (Å²) in [6.07, 6.45) is 3.46. The fraction of sp³-hybridized carbons (Fsp3) is 0.250. The Bertz CT molecular complexity index is 970. The van der Waals surface area contributed by atoms with Crippen molar-refractivity contribution in [2.24, 2.45) is 0 Å². The highest BCUT2D eigenvalue weighted by Gasteiger charge is 2.13. The van der Waals surface area contributed by atoms with Crippen LogP contribution >= 0.6 is 23.1 Å². The Morgan fingerprint density at radius 1 is 1.11 bits per heavy atom. The molecule has 27 heavy (non-hydrogen) atoms. The minimum absolute atomic E-state index is 0.0265.